The summed E-state index contributed by atoms with van der Waals surface area (Å²) in [6.45, 7) is 10.5. The zero-order chi connectivity index (χ0) is 57.9. The second-order valence-electron chi connectivity index (χ2n) is 23.5. The molecule has 6 N–H and O–H groups in total. The molecule has 8 heterocycles. The van der Waals surface area contributed by atoms with Gasteiger partial charge in [-0.1, -0.05) is 56.3 Å². The number of ether oxygens (including phenoxy) is 3. The van der Waals surface area contributed by atoms with Crippen LogP contribution in [0.1, 0.15) is 105 Å². The fraction of sp³-hybridized carbons (Fsp3) is 0.429. The van der Waals surface area contributed by atoms with Crippen molar-refractivity contribution in [3.8, 4) is 33.3 Å². The van der Waals surface area contributed by atoms with Gasteiger partial charge in [-0.3, -0.25) is 24.2 Å². The number of aryl methyl sites for hydroxylation is 2. The van der Waals surface area contributed by atoms with Crippen molar-refractivity contribution in [2.24, 2.45) is 5.92 Å². The number of carbonyl (C=O) groups excluding carboxylic acids is 2. The molecule has 5 aromatic heterocycles. The van der Waals surface area contributed by atoms with E-state index in [0.29, 0.717) is 58.3 Å². The van der Waals surface area contributed by atoms with Crippen LogP contribution in [0.5, 0.6) is 11.8 Å². The molecule has 0 bridgehead atoms. The van der Waals surface area contributed by atoms with Gasteiger partial charge in [-0.15, -0.1) is 11.3 Å². The molecule has 0 radical (unpaired) electrons. The summed E-state index contributed by atoms with van der Waals surface area (Å²) in [5.74, 6) is 0.457. The number of aliphatic hydroxyl groups is 2. The molecule has 2 amide bonds. The van der Waals surface area contributed by atoms with E-state index in [9.17, 15) is 24.6 Å². The van der Waals surface area contributed by atoms with Gasteiger partial charge in [0.25, 0.3) is 5.56 Å². The fourth-order valence-electron chi connectivity index (χ4n) is 12.8. The number of rotatable bonds is 17. The van der Waals surface area contributed by atoms with Crippen molar-refractivity contribution in [3.63, 3.8) is 0 Å². The van der Waals surface area contributed by atoms with Gasteiger partial charge in [-0.2, -0.15) is 20.2 Å². The number of H-pyrrole nitrogens is 2. The van der Waals surface area contributed by atoms with Gasteiger partial charge in [-0.05, 0) is 116 Å². The maximum absolute atomic E-state index is 14.9. The van der Waals surface area contributed by atoms with Crippen molar-refractivity contribution >= 4 is 72.6 Å². The number of aromatic nitrogens is 8. The predicted molar refractivity (Wildman–Crippen MR) is 323 cm³/mol. The lowest BCUT2D eigenvalue weighted by atomic mass is 9.89. The van der Waals surface area contributed by atoms with Crippen molar-refractivity contribution in [2.45, 2.75) is 122 Å². The Morgan fingerprint density at radius 2 is 1.71 bits per heavy atom. The van der Waals surface area contributed by atoms with Crippen molar-refractivity contribution in [1.29, 1.82) is 0 Å². The molecule has 84 heavy (non-hydrogen) atoms. The maximum Gasteiger partial charge on any atom is 0.319 e. The summed E-state index contributed by atoms with van der Waals surface area (Å²) >= 11 is 1.54. The van der Waals surface area contributed by atoms with Crippen LogP contribution in [0.3, 0.4) is 0 Å². The minimum absolute atomic E-state index is 0.0158. The van der Waals surface area contributed by atoms with E-state index in [1.165, 1.54) is 26.5 Å². The van der Waals surface area contributed by atoms with Crippen LogP contribution in [-0.2, 0) is 20.9 Å². The first-order valence-corrected chi connectivity index (χ1v) is 30.2. The number of nitrogens with one attached hydrogen (secondary N) is 4. The second-order valence-corrected chi connectivity index (χ2v) is 24.3. The van der Waals surface area contributed by atoms with E-state index in [2.05, 4.69) is 67.9 Å². The number of thiazole rings is 1. The molecule has 4 atom stereocenters. The number of aliphatic hydroxyl groups excluding tert-OH is 2. The van der Waals surface area contributed by atoms with Crippen LogP contribution < -0.4 is 30.6 Å². The van der Waals surface area contributed by atoms with Crippen LogP contribution in [0.15, 0.2) is 83.4 Å². The zero-order valence-corrected chi connectivity index (χ0v) is 48.7. The monoisotopic (exact) mass is 1150 g/mol. The van der Waals surface area contributed by atoms with Crippen molar-refractivity contribution in [1.82, 2.24) is 55.4 Å². The van der Waals surface area contributed by atoms with E-state index < -0.39 is 41.6 Å². The van der Waals surface area contributed by atoms with E-state index in [0.717, 1.165) is 112 Å². The molecule has 1 saturated carbocycles. The van der Waals surface area contributed by atoms with Gasteiger partial charge >= 0.3 is 6.01 Å². The van der Waals surface area contributed by atoms with Gasteiger partial charge in [0.05, 0.1) is 59.8 Å². The number of benzene rings is 4. The van der Waals surface area contributed by atoms with Gasteiger partial charge in [0.1, 0.15) is 36.1 Å². The first-order valence-electron chi connectivity index (χ1n) is 29.4. The molecule has 3 aliphatic heterocycles. The highest BCUT2D eigenvalue weighted by atomic mass is 32.1. The number of aromatic amines is 2. The van der Waals surface area contributed by atoms with E-state index in [1.807, 2.05) is 69.4 Å². The Morgan fingerprint density at radius 3 is 2.45 bits per heavy atom. The van der Waals surface area contributed by atoms with Crippen molar-refractivity contribution < 1.29 is 34.0 Å². The van der Waals surface area contributed by atoms with Crippen molar-refractivity contribution in [2.75, 3.05) is 51.4 Å². The maximum atomic E-state index is 14.9. The summed E-state index contributed by atoms with van der Waals surface area (Å²) in [6.07, 6.45) is 8.03. The van der Waals surface area contributed by atoms with Crippen LogP contribution in [0.4, 0.5) is 5.82 Å². The molecular weight excluding hydrogens is 1080 g/mol. The predicted octanol–water partition coefficient (Wildman–Crippen LogP) is 8.32. The molecule has 1 aliphatic carbocycles. The second kappa shape index (κ2) is 23.0. The smallest absolute Gasteiger partial charge is 0.319 e. The van der Waals surface area contributed by atoms with E-state index in [4.69, 9.17) is 29.3 Å². The van der Waals surface area contributed by atoms with Gasteiger partial charge in [0.15, 0.2) is 11.3 Å². The normalized spacial score (nSPS) is 18.8. The highest BCUT2D eigenvalue weighted by molar-refractivity contribution is 7.13. The number of likely N-dealkylation sites (tertiary alicyclic amines) is 1. The molecule has 4 aromatic carbocycles. The third-order valence-electron chi connectivity index (χ3n) is 17.5. The van der Waals surface area contributed by atoms with Gasteiger partial charge in [0, 0.05) is 77.7 Å². The fourth-order valence-corrected chi connectivity index (χ4v) is 13.6. The van der Waals surface area contributed by atoms with Gasteiger partial charge in [0.2, 0.25) is 11.8 Å². The molecule has 0 spiro atoms. The Hall–Kier alpha value is -7.82. The molecule has 3 saturated heterocycles. The average molecular weight is 1160 g/mol. The van der Waals surface area contributed by atoms with Crippen LogP contribution in [-0.4, -0.2) is 138 Å². The molecule has 436 valence electrons. The Kier molecular flexibility index (Phi) is 15.1. The third-order valence-corrected chi connectivity index (χ3v) is 18.5. The number of carbonyl (C=O) groups is 2. The Balaban J connectivity index is 0.832. The minimum atomic E-state index is -1.02. The summed E-state index contributed by atoms with van der Waals surface area (Å²) in [6, 6.07) is 17.7. The zero-order valence-electron chi connectivity index (χ0n) is 47.9. The van der Waals surface area contributed by atoms with Crippen LogP contribution in [0.25, 0.3) is 65.2 Å². The first-order chi connectivity index (χ1) is 40.8. The number of anilines is 1. The van der Waals surface area contributed by atoms with E-state index >= 15 is 0 Å². The number of amides is 2. The van der Waals surface area contributed by atoms with Gasteiger partial charge in [-0.25, -0.2) is 4.98 Å². The molecule has 4 fully saturated rings. The number of nitrogens with zero attached hydrogens (tertiary/aromatic N) is 8. The molecule has 4 unspecified atom stereocenters. The SMILES string of the molecule is Cc1ccc2[nH]ncc2c1-c1c(C2CC2)cc2c(N(C)C3CCNCC3)nc(OC3CCOCC3)nc2c1OCc1ccc2c(c1)[nH]c(=O)c1nn(C(C(=O)N3CC(O)CC3C(=O)NC(CO)c3ccc(-c4scnc4C)cc3)C(C)C)cc12. The molecular formula is C63H70N12O8S. The first kappa shape index (κ1) is 55.4. The lowest BCUT2D eigenvalue weighted by molar-refractivity contribution is -0.142. The van der Waals surface area contributed by atoms with Crippen LogP contribution in [0, 0.1) is 19.8 Å². The van der Waals surface area contributed by atoms with Crippen LogP contribution in [0.2, 0.25) is 0 Å². The van der Waals surface area contributed by atoms with Gasteiger partial charge < -0.3 is 49.8 Å². The highest BCUT2D eigenvalue weighted by Gasteiger charge is 2.43. The number of pyridine rings is 1. The standard InChI is InChI=1S/C63H70N12O8S/c1-33(2)56(62(80)74-28-41(77)25-51(74)60(78)68-50(30-76)38-10-12-39(13-11-38)58-35(4)65-32-84-58)75-29-47-43-14-7-36(24-49(43)67-61(79)55(47)72-75)31-82-57-53(52-34(3)6-15-48-46(52)27-66-71-48)44(37-8-9-37)26-45-54(57)69-63(83-42-18-22-81-23-19-42)70-59(45)73(5)40-16-20-64-21-17-40/h6-7,10-15,24,26-27,29,32-33,37,40-42,50-51,56,64,76-77H,8-9,16-23,25,28,30-31H2,1-5H3,(H,66,71)(H,67,79)(H,68,78). The number of piperidine rings is 1. The van der Waals surface area contributed by atoms with Crippen LogP contribution >= 0.6 is 11.3 Å². The largest absolute Gasteiger partial charge is 0.486 e. The van der Waals surface area contributed by atoms with E-state index in [1.54, 1.807) is 11.7 Å². The number of hydrogen-bond donors (Lipinski definition) is 6. The lowest BCUT2D eigenvalue weighted by Crippen LogP contribution is -2.50. The number of hydrogen-bond acceptors (Lipinski definition) is 16. The summed E-state index contributed by atoms with van der Waals surface area (Å²) in [7, 11) is 2.13. The molecule has 9 aromatic rings. The molecule has 21 heteroatoms. The molecule has 4 aliphatic rings. The topological polar surface area (TPSA) is 251 Å². The Morgan fingerprint density at radius 1 is 0.917 bits per heavy atom. The molecule has 20 nitrogen and oxygen atoms in total. The Labute approximate surface area is 489 Å². The number of fused-ring (bicyclic) bond motifs is 5. The number of β-amino-alcohol motifs (C(OH)–C–C–N with tert-alkyl or cyclic N) is 1. The summed E-state index contributed by atoms with van der Waals surface area (Å²) < 4.78 is 21.2. The third kappa shape index (κ3) is 10.5. The summed E-state index contributed by atoms with van der Waals surface area (Å²) in [4.78, 5) is 65.9. The summed E-state index contributed by atoms with van der Waals surface area (Å²) in [5, 5.41) is 43.6. The lowest BCUT2D eigenvalue weighted by Gasteiger charge is -2.33. The minimum Gasteiger partial charge on any atom is -0.486 e. The van der Waals surface area contributed by atoms with E-state index in [-0.39, 0.29) is 49.8 Å². The quantitative estimate of drug-likeness (QED) is 0.0502. The Bertz CT molecular complexity index is 4010. The molecule has 13 rings (SSSR count). The highest BCUT2D eigenvalue weighted by Crippen LogP contribution is 2.53. The summed E-state index contributed by atoms with van der Waals surface area (Å²) in [5.41, 5.74) is 11.2. The average Bonchev–Trinajstić information content (AvgIpc) is 3.93. The van der Waals surface area contributed by atoms with Crippen molar-refractivity contribution in [3.05, 3.63) is 117 Å².